The minimum absolute atomic E-state index is 0.000955. The summed E-state index contributed by atoms with van der Waals surface area (Å²) in [7, 11) is 0. The van der Waals surface area contributed by atoms with E-state index in [0.717, 1.165) is 24.1 Å². The third-order valence-electron chi connectivity index (χ3n) is 4.22. The number of hydrogen-bond donors (Lipinski definition) is 2. The standard InChI is InChI=1S/C20H21FN4/c1-14(16-7-9-17(21)10-8-16)18-13-24-20(25-19(18)22)23-12-11-15-5-3-2-4-6-15/h2-10,13-14H,11-12H2,1H3,(H3,22,23,24,25). The van der Waals surface area contributed by atoms with Crippen molar-refractivity contribution in [1.82, 2.24) is 9.97 Å². The maximum atomic E-state index is 13.1. The predicted octanol–water partition coefficient (Wildman–Crippen LogP) is 4.00. The Kier molecular flexibility index (Phi) is 5.23. The van der Waals surface area contributed by atoms with Crippen LogP contribution in [0.3, 0.4) is 0 Å². The van der Waals surface area contributed by atoms with Crippen LogP contribution < -0.4 is 11.1 Å². The summed E-state index contributed by atoms with van der Waals surface area (Å²) in [5, 5.41) is 3.20. The van der Waals surface area contributed by atoms with Crippen molar-refractivity contribution in [3.05, 3.63) is 83.3 Å². The Bertz CT molecular complexity index is 819. The first kappa shape index (κ1) is 16.9. The van der Waals surface area contributed by atoms with Crippen LogP contribution in [-0.4, -0.2) is 16.5 Å². The summed E-state index contributed by atoms with van der Waals surface area (Å²) < 4.78 is 13.1. The van der Waals surface area contributed by atoms with Gasteiger partial charge in [-0.05, 0) is 29.7 Å². The maximum absolute atomic E-state index is 13.1. The summed E-state index contributed by atoms with van der Waals surface area (Å²) in [5.74, 6) is 0.703. The molecule has 0 aliphatic carbocycles. The fourth-order valence-electron chi connectivity index (χ4n) is 2.72. The number of nitrogens with one attached hydrogen (secondary N) is 1. The van der Waals surface area contributed by atoms with E-state index < -0.39 is 0 Å². The van der Waals surface area contributed by atoms with Gasteiger partial charge in [-0.3, -0.25) is 0 Å². The fourth-order valence-corrected chi connectivity index (χ4v) is 2.72. The van der Waals surface area contributed by atoms with Crippen LogP contribution in [0, 0.1) is 5.82 Å². The van der Waals surface area contributed by atoms with Gasteiger partial charge in [0.05, 0.1) is 0 Å². The van der Waals surface area contributed by atoms with Gasteiger partial charge in [0.1, 0.15) is 11.6 Å². The molecular formula is C20H21FN4. The molecule has 1 unspecified atom stereocenters. The van der Waals surface area contributed by atoms with Gasteiger partial charge in [-0.1, -0.05) is 49.4 Å². The van der Waals surface area contributed by atoms with E-state index in [1.54, 1.807) is 18.3 Å². The molecule has 2 aromatic carbocycles. The fraction of sp³-hybridized carbons (Fsp3) is 0.200. The molecule has 0 radical (unpaired) electrons. The number of anilines is 2. The van der Waals surface area contributed by atoms with Crippen LogP contribution in [0.5, 0.6) is 0 Å². The normalized spacial score (nSPS) is 11.9. The van der Waals surface area contributed by atoms with Gasteiger partial charge >= 0.3 is 0 Å². The highest BCUT2D eigenvalue weighted by atomic mass is 19.1. The van der Waals surface area contributed by atoms with Crippen LogP contribution in [0.15, 0.2) is 60.8 Å². The van der Waals surface area contributed by atoms with E-state index >= 15 is 0 Å². The van der Waals surface area contributed by atoms with Gasteiger partial charge in [0, 0.05) is 24.2 Å². The Morgan fingerprint density at radius 2 is 1.80 bits per heavy atom. The zero-order valence-corrected chi connectivity index (χ0v) is 14.1. The molecule has 3 N–H and O–H groups in total. The number of nitrogens with two attached hydrogens (primary N) is 1. The first-order valence-corrected chi connectivity index (χ1v) is 8.29. The minimum atomic E-state index is -0.252. The smallest absolute Gasteiger partial charge is 0.224 e. The SMILES string of the molecule is CC(c1ccc(F)cc1)c1cnc(NCCc2ccccc2)nc1N. The predicted molar refractivity (Wildman–Crippen MR) is 99.0 cm³/mol. The van der Waals surface area contributed by atoms with Gasteiger partial charge in [0.15, 0.2) is 0 Å². The summed E-state index contributed by atoms with van der Waals surface area (Å²) in [5.41, 5.74) is 9.17. The van der Waals surface area contributed by atoms with Crippen molar-refractivity contribution in [1.29, 1.82) is 0 Å². The highest BCUT2D eigenvalue weighted by molar-refractivity contribution is 5.48. The molecule has 3 aromatic rings. The molecule has 5 heteroatoms. The lowest BCUT2D eigenvalue weighted by atomic mass is 9.94. The van der Waals surface area contributed by atoms with Crippen molar-refractivity contribution in [3.63, 3.8) is 0 Å². The molecule has 25 heavy (non-hydrogen) atoms. The molecule has 1 aromatic heterocycles. The number of benzene rings is 2. The first-order chi connectivity index (χ1) is 12.1. The van der Waals surface area contributed by atoms with Crippen LogP contribution in [0.2, 0.25) is 0 Å². The van der Waals surface area contributed by atoms with Crippen LogP contribution in [-0.2, 0) is 6.42 Å². The Morgan fingerprint density at radius 3 is 2.48 bits per heavy atom. The molecule has 1 heterocycles. The van der Waals surface area contributed by atoms with Gasteiger partial charge in [-0.2, -0.15) is 4.98 Å². The zero-order chi connectivity index (χ0) is 17.6. The molecule has 128 valence electrons. The van der Waals surface area contributed by atoms with Crippen LogP contribution >= 0.6 is 0 Å². The van der Waals surface area contributed by atoms with Crippen molar-refractivity contribution in [3.8, 4) is 0 Å². The number of rotatable bonds is 6. The van der Waals surface area contributed by atoms with Gasteiger partial charge < -0.3 is 11.1 Å². The molecule has 4 nitrogen and oxygen atoms in total. The van der Waals surface area contributed by atoms with E-state index in [9.17, 15) is 4.39 Å². The third kappa shape index (κ3) is 4.32. The number of nitrogen functional groups attached to an aromatic ring is 1. The lowest BCUT2D eigenvalue weighted by molar-refractivity contribution is 0.626. The molecule has 0 amide bonds. The van der Waals surface area contributed by atoms with Crippen LogP contribution in [0.1, 0.15) is 29.5 Å². The lowest BCUT2D eigenvalue weighted by Crippen LogP contribution is -2.11. The highest BCUT2D eigenvalue weighted by Crippen LogP contribution is 2.27. The second kappa shape index (κ2) is 7.75. The summed E-state index contributed by atoms with van der Waals surface area (Å²) in [6.07, 6.45) is 2.62. The molecule has 0 aliphatic rings. The van der Waals surface area contributed by atoms with Gasteiger partial charge in [-0.25, -0.2) is 9.37 Å². The van der Waals surface area contributed by atoms with Gasteiger partial charge in [0.25, 0.3) is 0 Å². The van der Waals surface area contributed by atoms with Crippen LogP contribution in [0.25, 0.3) is 0 Å². The van der Waals surface area contributed by atoms with Gasteiger partial charge in [-0.15, -0.1) is 0 Å². The Hall–Kier alpha value is -2.95. The Balaban J connectivity index is 1.65. The van der Waals surface area contributed by atoms with E-state index in [1.165, 1.54) is 17.7 Å². The van der Waals surface area contributed by atoms with E-state index in [1.807, 2.05) is 25.1 Å². The van der Waals surface area contributed by atoms with Crippen molar-refractivity contribution < 1.29 is 4.39 Å². The molecule has 0 spiro atoms. The van der Waals surface area contributed by atoms with E-state index in [0.29, 0.717) is 11.8 Å². The largest absolute Gasteiger partial charge is 0.383 e. The van der Waals surface area contributed by atoms with E-state index in [4.69, 9.17) is 5.73 Å². The summed E-state index contributed by atoms with van der Waals surface area (Å²) in [6.45, 7) is 2.74. The number of hydrogen-bond acceptors (Lipinski definition) is 4. The van der Waals surface area contributed by atoms with E-state index in [2.05, 4.69) is 27.4 Å². The zero-order valence-electron chi connectivity index (χ0n) is 14.1. The summed E-state index contributed by atoms with van der Waals surface area (Å²) in [6, 6.07) is 16.6. The second-order valence-electron chi connectivity index (χ2n) is 5.97. The topological polar surface area (TPSA) is 63.8 Å². The quantitative estimate of drug-likeness (QED) is 0.714. The number of aromatic nitrogens is 2. The summed E-state index contributed by atoms with van der Waals surface area (Å²) >= 11 is 0. The molecular weight excluding hydrogens is 315 g/mol. The number of nitrogens with zero attached hydrogens (tertiary/aromatic N) is 2. The first-order valence-electron chi connectivity index (χ1n) is 8.29. The minimum Gasteiger partial charge on any atom is -0.383 e. The molecule has 0 saturated heterocycles. The maximum Gasteiger partial charge on any atom is 0.224 e. The Morgan fingerprint density at radius 1 is 1.08 bits per heavy atom. The van der Waals surface area contributed by atoms with Gasteiger partial charge in [0.2, 0.25) is 5.95 Å². The Labute approximate surface area is 146 Å². The molecule has 0 bridgehead atoms. The molecule has 0 saturated carbocycles. The van der Waals surface area contributed by atoms with Crippen molar-refractivity contribution >= 4 is 11.8 Å². The van der Waals surface area contributed by atoms with Crippen molar-refractivity contribution in [2.45, 2.75) is 19.3 Å². The monoisotopic (exact) mass is 336 g/mol. The molecule has 3 rings (SSSR count). The average molecular weight is 336 g/mol. The second-order valence-corrected chi connectivity index (χ2v) is 5.97. The summed E-state index contributed by atoms with van der Waals surface area (Å²) in [4.78, 5) is 8.71. The highest BCUT2D eigenvalue weighted by Gasteiger charge is 2.14. The molecule has 1 atom stereocenters. The van der Waals surface area contributed by atoms with Crippen molar-refractivity contribution in [2.75, 3.05) is 17.6 Å². The molecule has 0 fully saturated rings. The number of halogens is 1. The van der Waals surface area contributed by atoms with Crippen molar-refractivity contribution in [2.24, 2.45) is 0 Å². The third-order valence-corrected chi connectivity index (χ3v) is 4.22. The van der Waals surface area contributed by atoms with E-state index in [-0.39, 0.29) is 11.7 Å². The lowest BCUT2D eigenvalue weighted by Gasteiger charge is -2.15. The van der Waals surface area contributed by atoms with Crippen LogP contribution in [0.4, 0.5) is 16.2 Å². The molecule has 0 aliphatic heterocycles. The average Bonchev–Trinajstić information content (AvgIpc) is 2.63.